The van der Waals surface area contributed by atoms with Crippen molar-refractivity contribution in [2.75, 3.05) is 18.5 Å². The molecule has 2 aromatic carbocycles. The number of para-hydroxylation sites is 1. The third-order valence-electron chi connectivity index (χ3n) is 4.38. The number of amides is 1. The number of carbonyl (C=O) groups is 2. The Hall–Kier alpha value is -3.20. The number of esters is 1. The van der Waals surface area contributed by atoms with Gasteiger partial charge in [0.05, 0.1) is 17.9 Å². The van der Waals surface area contributed by atoms with Gasteiger partial charge in [0.1, 0.15) is 5.84 Å². The maximum atomic E-state index is 12.4. The Morgan fingerprint density at radius 2 is 1.76 bits per heavy atom. The van der Waals surface area contributed by atoms with Gasteiger partial charge in [-0.05, 0) is 31.2 Å². The highest BCUT2D eigenvalue weighted by Gasteiger charge is 2.30. The van der Waals surface area contributed by atoms with Crippen molar-refractivity contribution < 1.29 is 22.7 Å². The minimum atomic E-state index is -3.62. The van der Waals surface area contributed by atoms with Crippen LogP contribution in [0.3, 0.4) is 0 Å². The summed E-state index contributed by atoms with van der Waals surface area (Å²) in [6.07, 6.45) is -1.04. The van der Waals surface area contributed by atoms with Crippen LogP contribution in [0, 0.1) is 0 Å². The highest BCUT2D eigenvalue weighted by molar-refractivity contribution is 7.90. The van der Waals surface area contributed by atoms with Crippen LogP contribution in [0.1, 0.15) is 18.9 Å². The average molecular weight is 415 g/mol. The second kappa shape index (κ2) is 8.44. The number of carbonyl (C=O) groups excluding carboxylic acids is 2. The standard InChI is InChI=1S/C20H21N3O5S/c1-14(20(25)23(2)15-8-4-3-5-9-15)28-18(24)12-13-21-19-16-10-6-7-11-17(16)29(26,27)22-19/h3-11,14H,12-13H2,1-2H3,(H,21,22)/t14-/m0/s1. The molecular weight excluding hydrogens is 394 g/mol. The van der Waals surface area contributed by atoms with Gasteiger partial charge in [-0.25, -0.2) is 8.42 Å². The summed E-state index contributed by atoms with van der Waals surface area (Å²) in [5.41, 5.74) is 1.16. The molecule has 1 atom stereocenters. The van der Waals surface area contributed by atoms with Crippen LogP contribution in [0.4, 0.5) is 5.69 Å². The van der Waals surface area contributed by atoms with E-state index in [1.165, 1.54) is 17.9 Å². The van der Waals surface area contributed by atoms with Crippen LogP contribution >= 0.6 is 0 Å². The smallest absolute Gasteiger partial charge is 0.308 e. The van der Waals surface area contributed by atoms with Gasteiger partial charge >= 0.3 is 5.97 Å². The van der Waals surface area contributed by atoms with E-state index in [9.17, 15) is 18.0 Å². The highest BCUT2D eigenvalue weighted by Crippen LogP contribution is 2.22. The van der Waals surface area contributed by atoms with Crippen molar-refractivity contribution in [1.82, 2.24) is 4.72 Å². The number of sulfonamides is 1. The number of likely N-dealkylation sites (N-methyl/N-ethyl adjacent to an activating group) is 1. The summed E-state index contributed by atoms with van der Waals surface area (Å²) in [5, 5.41) is 0. The molecule has 0 saturated heterocycles. The Morgan fingerprint density at radius 1 is 1.10 bits per heavy atom. The van der Waals surface area contributed by atoms with E-state index in [1.54, 1.807) is 37.4 Å². The number of hydrogen-bond acceptors (Lipinski definition) is 6. The molecule has 3 rings (SSSR count). The molecule has 0 saturated carbocycles. The normalized spacial score (nSPS) is 16.6. The maximum Gasteiger partial charge on any atom is 0.308 e. The lowest BCUT2D eigenvalue weighted by molar-refractivity contribution is -0.153. The van der Waals surface area contributed by atoms with E-state index in [2.05, 4.69) is 9.71 Å². The lowest BCUT2D eigenvalue weighted by Gasteiger charge is -2.21. The van der Waals surface area contributed by atoms with Crippen LogP contribution in [0.25, 0.3) is 0 Å². The van der Waals surface area contributed by atoms with Gasteiger partial charge in [0.2, 0.25) is 0 Å². The highest BCUT2D eigenvalue weighted by atomic mass is 32.2. The molecule has 1 aliphatic rings. The number of ether oxygens (including phenoxy) is 1. The SMILES string of the molecule is C[C@H](OC(=O)CCN=C1NS(=O)(=O)c2ccccc21)C(=O)N(C)c1ccccc1. The molecule has 0 bridgehead atoms. The Balaban J connectivity index is 1.55. The number of rotatable bonds is 6. The molecule has 8 nitrogen and oxygen atoms in total. The first-order valence-corrected chi connectivity index (χ1v) is 10.5. The van der Waals surface area contributed by atoms with E-state index in [4.69, 9.17) is 4.74 Å². The number of benzene rings is 2. The summed E-state index contributed by atoms with van der Waals surface area (Å²) in [7, 11) is -2.01. The van der Waals surface area contributed by atoms with Crippen LogP contribution < -0.4 is 9.62 Å². The van der Waals surface area contributed by atoms with E-state index in [-0.39, 0.29) is 29.6 Å². The van der Waals surface area contributed by atoms with Crippen molar-refractivity contribution in [3.05, 3.63) is 60.2 Å². The quantitative estimate of drug-likeness (QED) is 0.723. The minimum Gasteiger partial charge on any atom is -0.452 e. The van der Waals surface area contributed by atoms with Gasteiger partial charge in [0.25, 0.3) is 15.9 Å². The van der Waals surface area contributed by atoms with E-state index in [1.807, 2.05) is 18.2 Å². The molecule has 29 heavy (non-hydrogen) atoms. The van der Waals surface area contributed by atoms with E-state index in [0.717, 1.165) is 0 Å². The minimum absolute atomic E-state index is 0.0282. The molecule has 0 spiro atoms. The molecule has 0 radical (unpaired) electrons. The number of aliphatic imine (C=N–C) groups is 1. The van der Waals surface area contributed by atoms with Gasteiger partial charge in [-0.2, -0.15) is 0 Å². The number of nitrogens with one attached hydrogen (secondary N) is 1. The van der Waals surface area contributed by atoms with Gasteiger partial charge in [-0.3, -0.25) is 19.3 Å². The fraction of sp³-hybridized carbons (Fsp3) is 0.250. The maximum absolute atomic E-state index is 12.4. The molecule has 0 unspecified atom stereocenters. The Kier molecular flexibility index (Phi) is 5.97. The third-order valence-corrected chi connectivity index (χ3v) is 5.78. The molecule has 152 valence electrons. The Morgan fingerprint density at radius 3 is 2.48 bits per heavy atom. The number of fused-ring (bicyclic) bond motifs is 1. The van der Waals surface area contributed by atoms with Crippen LogP contribution in [0.15, 0.2) is 64.5 Å². The predicted molar refractivity (Wildman–Crippen MR) is 108 cm³/mol. The molecule has 0 aliphatic carbocycles. The monoisotopic (exact) mass is 415 g/mol. The van der Waals surface area contributed by atoms with Crippen LogP contribution in [-0.2, 0) is 24.3 Å². The van der Waals surface area contributed by atoms with E-state index < -0.39 is 22.1 Å². The molecule has 1 amide bonds. The van der Waals surface area contributed by atoms with Crippen LogP contribution in [0.2, 0.25) is 0 Å². The first-order chi connectivity index (χ1) is 13.8. The largest absolute Gasteiger partial charge is 0.452 e. The van der Waals surface area contributed by atoms with Crippen molar-refractivity contribution in [1.29, 1.82) is 0 Å². The van der Waals surface area contributed by atoms with Gasteiger partial charge < -0.3 is 9.64 Å². The average Bonchev–Trinajstić information content (AvgIpc) is 2.98. The zero-order valence-corrected chi connectivity index (χ0v) is 16.8. The van der Waals surface area contributed by atoms with Crippen molar-refractivity contribution >= 4 is 33.4 Å². The zero-order valence-electron chi connectivity index (χ0n) is 16.0. The Bertz CT molecular complexity index is 1050. The fourth-order valence-electron chi connectivity index (χ4n) is 2.87. The predicted octanol–water partition coefficient (Wildman–Crippen LogP) is 1.71. The topological polar surface area (TPSA) is 105 Å². The van der Waals surface area contributed by atoms with Gasteiger partial charge in [-0.1, -0.05) is 30.3 Å². The van der Waals surface area contributed by atoms with Crippen molar-refractivity contribution in [3.63, 3.8) is 0 Å². The summed E-state index contributed by atoms with van der Waals surface area (Å²) < 4.78 is 31.6. The molecule has 9 heteroatoms. The van der Waals surface area contributed by atoms with Crippen molar-refractivity contribution in [2.45, 2.75) is 24.3 Å². The molecular formula is C20H21N3O5S. The molecule has 1 N–H and O–H groups in total. The van der Waals surface area contributed by atoms with Crippen molar-refractivity contribution in [2.24, 2.45) is 4.99 Å². The van der Waals surface area contributed by atoms with E-state index >= 15 is 0 Å². The summed E-state index contributed by atoms with van der Waals surface area (Å²) in [4.78, 5) is 30.2. The first-order valence-electron chi connectivity index (χ1n) is 8.98. The number of anilines is 1. The molecule has 1 aliphatic heterocycles. The lowest BCUT2D eigenvalue weighted by Crippen LogP contribution is -2.37. The zero-order chi connectivity index (χ0) is 21.0. The summed E-state index contributed by atoms with van der Waals surface area (Å²) in [6.45, 7) is 1.54. The number of nitrogens with zero attached hydrogens (tertiary/aromatic N) is 2. The lowest BCUT2D eigenvalue weighted by atomic mass is 10.2. The second-order valence-corrected chi connectivity index (χ2v) is 8.10. The van der Waals surface area contributed by atoms with Crippen molar-refractivity contribution in [3.8, 4) is 0 Å². The first kappa shape index (κ1) is 20.5. The van der Waals surface area contributed by atoms with Gasteiger partial charge in [0.15, 0.2) is 6.10 Å². The second-order valence-electron chi connectivity index (χ2n) is 6.45. The fourth-order valence-corrected chi connectivity index (χ4v) is 4.12. The number of hydrogen-bond donors (Lipinski definition) is 1. The number of amidine groups is 1. The van der Waals surface area contributed by atoms with Crippen LogP contribution in [0.5, 0.6) is 0 Å². The summed E-state index contributed by atoms with van der Waals surface area (Å²) in [6, 6.07) is 15.5. The van der Waals surface area contributed by atoms with Crippen LogP contribution in [-0.4, -0.2) is 45.8 Å². The Labute approximate surface area is 169 Å². The third kappa shape index (κ3) is 4.62. The molecule has 0 aromatic heterocycles. The van der Waals surface area contributed by atoms with Gasteiger partial charge in [0, 0.05) is 18.3 Å². The molecule has 1 heterocycles. The molecule has 0 fully saturated rings. The molecule has 2 aromatic rings. The van der Waals surface area contributed by atoms with Gasteiger partial charge in [-0.15, -0.1) is 0 Å². The summed E-state index contributed by atoms with van der Waals surface area (Å²) >= 11 is 0. The summed E-state index contributed by atoms with van der Waals surface area (Å²) in [5.74, 6) is -0.750. The van der Waals surface area contributed by atoms with E-state index in [0.29, 0.717) is 11.3 Å².